The van der Waals surface area contributed by atoms with Gasteiger partial charge >= 0.3 is 0 Å². The molecule has 0 heterocycles. The van der Waals surface area contributed by atoms with E-state index in [1.54, 1.807) is 12.2 Å². The molecule has 4 heteroatoms. The van der Waals surface area contributed by atoms with Crippen LogP contribution in [-0.2, 0) is 22.7 Å². The summed E-state index contributed by atoms with van der Waals surface area (Å²) < 4.78 is 0. The van der Waals surface area contributed by atoms with Gasteiger partial charge in [0.15, 0.2) is 0 Å². The van der Waals surface area contributed by atoms with Crippen molar-refractivity contribution in [2.75, 3.05) is 0 Å². The Morgan fingerprint density at radius 2 is 1.36 bits per heavy atom. The Balaban J connectivity index is 1.95. The van der Waals surface area contributed by atoms with Gasteiger partial charge < -0.3 is 10.6 Å². The molecule has 4 nitrogen and oxygen atoms in total. The highest BCUT2D eigenvalue weighted by Gasteiger charge is 2.25. The van der Waals surface area contributed by atoms with E-state index >= 15 is 0 Å². The van der Waals surface area contributed by atoms with Gasteiger partial charge in [0.25, 0.3) is 0 Å². The molecule has 2 aromatic carbocycles. The second-order valence-electron chi connectivity index (χ2n) is 6.68. The quantitative estimate of drug-likeness (QED) is 0.607. The summed E-state index contributed by atoms with van der Waals surface area (Å²) in [7, 11) is 0. The molecule has 2 N–H and O–H groups in total. The zero-order valence-electron chi connectivity index (χ0n) is 16.4. The lowest BCUT2D eigenvalue weighted by Gasteiger charge is -2.16. The Morgan fingerprint density at radius 1 is 0.893 bits per heavy atom. The number of rotatable bonds is 10. The van der Waals surface area contributed by atoms with E-state index in [1.165, 1.54) is 0 Å². The van der Waals surface area contributed by atoms with Gasteiger partial charge in [-0.15, -0.1) is 0 Å². The summed E-state index contributed by atoms with van der Waals surface area (Å²) >= 11 is 0. The van der Waals surface area contributed by atoms with Gasteiger partial charge in [0.2, 0.25) is 11.8 Å². The predicted octanol–water partition coefficient (Wildman–Crippen LogP) is 4.32. The first-order chi connectivity index (χ1) is 13.6. The van der Waals surface area contributed by atoms with E-state index < -0.39 is 5.92 Å². The lowest BCUT2D eigenvalue weighted by molar-refractivity contribution is -0.135. The van der Waals surface area contributed by atoms with E-state index in [0.29, 0.717) is 19.5 Å². The van der Waals surface area contributed by atoms with Crippen LogP contribution in [0.4, 0.5) is 0 Å². The number of hydrogen-bond donors (Lipinski definition) is 2. The minimum absolute atomic E-state index is 0.247. The zero-order valence-corrected chi connectivity index (χ0v) is 16.4. The summed E-state index contributed by atoms with van der Waals surface area (Å²) in [5, 5.41) is 5.77. The molecule has 146 valence electrons. The van der Waals surface area contributed by atoms with Gasteiger partial charge in [0, 0.05) is 13.1 Å². The first-order valence-corrected chi connectivity index (χ1v) is 9.55. The number of hydrogen-bond acceptors (Lipinski definition) is 2. The number of amides is 2. The normalized spacial score (nSPS) is 10.4. The van der Waals surface area contributed by atoms with Crippen LogP contribution in [-0.4, -0.2) is 11.8 Å². The lowest BCUT2D eigenvalue weighted by Crippen LogP contribution is -2.40. The van der Waals surface area contributed by atoms with Crippen LogP contribution in [0.3, 0.4) is 0 Å². The Labute approximate surface area is 167 Å². The summed E-state index contributed by atoms with van der Waals surface area (Å²) in [5.74, 6) is -1.19. The van der Waals surface area contributed by atoms with Gasteiger partial charge in [-0.2, -0.15) is 0 Å². The van der Waals surface area contributed by atoms with Gasteiger partial charge in [0.1, 0.15) is 5.92 Å². The second-order valence-corrected chi connectivity index (χ2v) is 6.68. The van der Waals surface area contributed by atoms with Crippen LogP contribution in [0.5, 0.6) is 0 Å². The van der Waals surface area contributed by atoms with E-state index in [4.69, 9.17) is 0 Å². The molecular formula is C24H28N2O2. The maximum atomic E-state index is 12.6. The second kappa shape index (κ2) is 10.9. The van der Waals surface area contributed by atoms with E-state index in [2.05, 4.69) is 23.8 Å². The molecule has 0 aliphatic carbocycles. The maximum absolute atomic E-state index is 12.6. The van der Waals surface area contributed by atoms with Crippen molar-refractivity contribution in [2.24, 2.45) is 5.92 Å². The van der Waals surface area contributed by atoms with Crippen LogP contribution >= 0.6 is 0 Å². The molecule has 0 unspecified atom stereocenters. The van der Waals surface area contributed by atoms with Crippen molar-refractivity contribution in [1.29, 1.82) is 0 Å². The number of nitrogens with one attached hydrogen (secondary N) is 2. The molecule has 0 saturated carbocycles. The fraction of sp³-hybridized carbons (Fsp3) is 0.250. The maximum Gasteiger partial charge on any atom is 0.232 e. The fourth-order valence-electron chi connectivity index (χ4n) is 2.95. The third-order valence-electron chi connectivity index (χ3n) is 4.52. The monoisotopic (exact) mass is 376 g/mol. The fourth-order valence-corrected chi connectivity index (χ4v) is 2.95. The van der Waals surface area contributed by atoms with Gasteiger partial charge in [-0.3, -0.25) is 9.59 Å². The topological polar surface area (TPSA) is 58.2 Å². The summed E-state index contributed by atoms with van der Waals surface area (Å²) in [4.78, 5) is 25.2. The molecule has 28 heavy (non-hydrogen) atoms. The van der Waals surface area contributed by atoms with Crippen LogP contribution in [0, 0.1) is 5.92 Å². The SMILES string of the molecule is C=Cc1cccc(CNC(=O)C(CCC)C(=O)NCc2cccc(C=C)c2)c1. The molecule has 0 aliphatic heterocycles. The molecule has 0 atom stereocenters. The highest BCUT2D eigenvalue weighted by Crippen LogP contribution is 2.11. The first kappa shape index (κ1) is 21.2. The van der Waals surface area contributed by atoms with Gasteiger partial charge in [-0.1, -0.05) is 75.1 Å². The van der Waals surface area contributed by atoms with Gasteiger partial charge in [-0.05, 0) is 40.8 Å². The smallest absolute Gasteiger partial charge is 0.232 e. The average Bonchev–Trinajstić information content (AvgIpc) is 2.74. The minimum Gasteiger partial charge on any atom is -0.351 e. The van der Waals surface area contributed by atoms with E-state index in [-0.39, 0.29) is 11.8 Å². The molecule has 0 spiro atoms. The Bertz CT molecular complexity index is 775. The van der Waals surface area contributed by atoms with E-state index in [9.17, 15) is 9.59 Å². The summed E-state index contributed by atoms with van der Waals surface area (Å²) in [6.07, 6.45) is 4.79. The highest BCUT2D eigenvalue weighted by atomic mass is 16.2. The molecule has 2 aromatic rings. The average molecular weight is 377 g/mol. The van der Waals surface area contributed by atoms with Crippen LogP contribution in [0.25, 0.3) is 12.2 Å². The Kier molecular flexibility index (Phi) is 8.22. The van der Waals surface area contributed by atoms with Gasteiger partial charge in [-0.25, -0.2) is 0 Å². The molecule has 0 bridgehead atoms. The van der Waals surface area contributed by atoms with Crippen molar-refractivity contribution in [3.63, 3.8) is 0 Å². The molecule has 0 radical (unpaired) electrons. The van der Waals surface area contributed by atoms with Crippen LogP contribution in [0.15, 0.2) is 61.7 Å². The molecule has 2 amide bonds. The minimum atomic E-state index is -0.699. The molecule has 0 fully saturated rings. The van der Waals surface area contributed by atoms with Gasteiger partial charge in [0.05, 0.1) is 0 Å². The molecule has 0 aliphatic rings. The standard InChI is InChI=1S/C24H28N2O2/c1-4-9-22(23(27)25-16-20-12-7-10-18(5-2)14-20)24(28)26-17-21-13-8-11-19(6-3)15-21/h5-8,10-15,22H,2-4,9,16-17H2,1H3,(H,25,27)(H,26,28). The molecule has 2 rings (SSSR count). The third kappa shape index (κ3) is 6.23. The van der Waals surface area contributed by atoms with Crippen molar-refractivity contribution >= 4 is 24.0 Å². The largest absolute Gasteiger partial charge is 0.351 e. The third-order valence-corrected chi connectivity index (χ3v) is 4.52. The van der Waals surface area contributed by atoms with E-state index in [1.807, 2.05) is 55.5 Å². The van der Waals surface area contributed by atoms with Crippen molar-refractivity contribution in [3.8, 4) is 0 Å². The number of benzene rings is 2. The van der Waals surface area contributed by atoms with Crippen molar-refractivity contribution in [3.05, 3.63) is 83.9 Å². The number of carbonyl (C=O) groups excluding carboxylic acids is 2. The predicted molar refractivity (Wildman–Crippen MR) is 115 cm³/mol. The Hall–Kier alpha value is -3.14. The lowest BCUT2D eigenvalue weighted by atomic mass is 10.0. The summed E-state index contributed by atoms with van der Waals surface area (Å²) in [6.45, 7) is 10.2. The molecule has 0 aromatic heterocycles. The van der Waals surface area contributed by atoms with Crippen molar-refractivity contribution in [2.45, 2.75) is 32.9 Å². The van der Waals surface area contributed by atoms with E-state index in [0.717, 1.165) is 28.7 Å². The summed E-state index contributed by atoms with van der Waals surface area (Å²) in [6, 6.07) is 15.6. The van der Waals surface area contributed by atoms with Crippen LogP contribution in [0.1, 0.15) is 42.0 Å². The van der Waals surface area contributed by atoms with Crippen molar-refractivity contribution < 1.29 is 9.59 Å². The van der Waals surface area contributed by atoms with Crippen LogP contribution < -0.4 is 10.6 Å². The van der Waals surface area contributed by atoms with Crippen LogP contribution in [0.2, 0.25) is 0 Å². The van der Waals surface area contributed by atoms with Crippen molar-refractivity contribution in [1.82, 2.24) is 10.6 Å². The number of carbonyl (C=O) groups is 2. The summed E-state index contributed by atoms with van der Waals surface area (Å²) in [5.41, 5.74) is 3.94. The molecule has 0 saturated heterocycles. The Morgan fingerprint density at radius 3 is 1.75 bits per heavy atom. The zero-order chi connectivity index (χ0) is 20.4. The highest BCUT2D eigenvalue weighted by molar-refractivity contribution is 6.00. The molecular weight excluding hydrogens is 348 g/mol. The first-order valence-electron chi connectivity index (χ1n) is 9.55.